The van der Waals surface area contributed by atoms with Crippen LogP contribution in [0.25, 0.3) is 78.2 Å². The van der Waals surface area contributed by atoms with Crippen LogP contribution >= 0.6 is 0 Å². The second-order valence-corrected chi connectivity index (χ2v) is 14.3. The van der Waals surface area contributed by atoms with Gasteiger partial charge in [-0.2, -0.15) is 0 Å². The number of rotatable bonds is 5. The molecule has 10 rings (SSSR count). The first kappa shape index (κ1) is 35.9. The van der Waals surface area contributed by atoms with Crippen LogP contribution in [0.4, 0.5) is 0 Å². The van der Waals surface area contributed by atoms with Crippen LogP contribution in [0.3, 0.4) is 0 Å². The third-order valence-electron chi connectivity index (χ3n) is 10.3. The molecule has 0 aliphatic carbocycles. The summed E-state index contributed by atoms with van der Waals surface area (Å²) >= 11 is 0. The van der Waals surface area contributed by atoms with Crippen molar-refractivity contribution in [2.45, 2.75) is 0 Å². The summed E-state index contributed by atoms with van der Waals surface area (Å²) in [6.45, 7) is 0. The Morgan fingerprint density at radius 1 is 0.250 bits per heavy atom. The maximum absolute atomic E-state index is 5.38. The van der Waals surface area contributed by atoms with Crippen LogP contribution in [0.5, 0.6) is 0 Å². The Morgan fingerprint density at radius 3 is 0.783 bits per heavy atom. The van der Waals surface area contributed by atoms with E-state index in [1.54, 1.807) is 0 Å². The molecule has 60 heavy (non-hydrogen) atoms. The Balaban J connectivity index is 1.27. The van der Waals surface area contributed by atoms with Gasteiger partial charge in [-0.1, -0.05) is 181 Å². The molecule has 0 atom stereocenters. The van der Waals surface area contributed by atoms with Crippen molar-refractivity contribution >= 4 is 22.1 Å². The Bertz CT molecular complexity index is 3050. The number of benzene rings is 8. The van der Waals surface area contributed by atoms with E-state index in [2.05, 4.69) is 96.5 Å². The molecule has 2 heterocycles. The van der Waals surface area contributed by atoms with Crippen molar-refractivity contribution in [3.05, 3.63) is 229 Å². The third-order valence-corrected chi connectivity index (χ3v) is 10.3. The summed E-state index contributed by atoms with van der Waals surface area (Å²) in [7, 11) is 0. The molecular weight excluding hydrogens is 729 g/mol. The Labute approximate surface area is 349 Å². The van der Waals surface area contributed by atoms with Gasteiger partial charge in [0, 0.05) is 55.6 Å². The van der Waals surface area contributed by atoms with Gasteiger partial charge >= 0.3 is 0 Å². The largest absolute Gasteiger partial charge is 0.244 e. The first-order valence-corrected chi connectivity index (χ1v) is 19.8. The van der Waals surface area contributed by atoms with Gasteiger partial charge in [-0.15, -0.1) is 0 Å². The van der Waals surface area contributed by atoms with Crippen molar-refractivity contribution in [3.63, 3.8) is 0 Å². The van der Waals surface area contributed by atoms with E-state index in [0.717, 1.165) is 100 Å². The topological polar surface area (TPSA) is 51.6 Å². The first-order valence-electron chi connectivity index (χ1n) is 19.8. The minimum absolute atomic E-state index is 0.742. The molecule has 2 aromatic heterocycles. The van der Waals surface area contributed by atoms with Crippen LogP contribution in [0, 0.1) is 23.7 Å². The molecule has 0 spiro atoms. The summed E-state index contributed by atoms with van der Waals surface area (Å²) in [6, 6.07) is 69.4. The number of nitrogens with zero attached hydrogens (tertiary/aromatic N) is 4. The average molecular weight is 763 g/mol. The Kier molecular flexibility index (Phi) is 9.70. The number of hydrogen-bond acceptors (Lipinski definition) is 4. The molecular formula is C56H34N4. The van der Waals surface area contributed by atoms with Gasteiger partial charge in [-0.3, -0.25) is 0 Å². The number of aromatic nitrogens is 4. The fourth-order valence-corrected chi connectivity index (χ4v) is 7.37. The third kappa shape index (κ3) is 7.41. The van der Waals surface area contributed by atoms with E-state index >= 15 is 0 Å². The molecule has 4 heteroatoms. The maximum atomic E-state index is 5.38. The Morgan fingerprint density at radius 2 is 0.500 bits per heavy atom. The van der Waals surface area contributed by atoms with E-state index in [1.807, 2.05) is 133 Å². The van der Waals surface area contributed by atoms with E-state index in [1.165, 1.54) is 0 Å². The van der Waals surface area contributed by atoms with Gasteiger partial charge in [0.05, 0.1) is 44.8 Å². The molecule has 0 unspecified atom stereocenters. The normalized spacial score (nSPS) is 10.7. The lowest BCUT2D eigenvalue weighted by Gasteiger charge is -2.15. The van der Waals surface area contributed by atoms with Crippen LogP contribution in [-0.2, 0) is 0 Å². The van der Waals surface area contributed by atoms with Crippen molar-refractivity contribution in [1.82, 2.24) is 19.9 Å². The summed E-state index contributed by atoms with van der Waals surface area (Å²) in [5.41, 5.74) is 15.3. The molecule has 0 aliphatic heterocycles. The minimum atomic E-state index is 0.742. The zero-order valence-corrected chi connectivity index (χ0v) is 32.4. The summed E-state index contributed by atoms with van der Waals surface area (Å²) in [5.74, 6) is 13.9. The smallest absolute Gasteiger partial charge is 0.0973 e. The molecule has 10 aromatic rings. The van der Waals surface area contributed by atoms with E-state index in [9.17, 15) is 0 Å². The monoisotopic (exact) mass is 762 g/mol. The highest BCUT2D eigenvalue weighted by atomic mass is 14.8. The Hall–Kier alpha value is -8.44. The zero-order chi connectivity index (χ0) is 40.1. The van der Waals surface area contributed by atoms with Crippen LogP contribution in [0.2, 0.25) is 0 Å². The highest BCUT2D eigenvalue weighted by Crippen LogP contribution is 2.38. The molecule has 0 amide bonds. The molecule has 8 aromatic carbocycles. The minimum Gasteiger partial charge on any atom is -0.244 e. The molecule has 0 N–H and O–H groups in total. The fourth-order valence-electron chi connectivity index (χ4n) is 7.37. The molecule has 0 bridgehead atoms. The van der Waals surface area contributed by atoms with Crippen molar-refractivity contribution in [1.29, 1.82) is 0 Å². The highest BCUT2D eigenvalue weighted by Gasteiger charge is 2.20. The van der Waals surface area contributed by atoms with Gasteiger partial charge in [0.1, 0.15) is 0 Å². The van der Waals surface area contributed by atoms with Gasteiger partial charge in [0.15, 0.2) is 0 Å². The van der Waals surface area contributed by atoms with Gasteiger partial charge in [-0.05, 0) is 48.5 Å². The van der Waals surface area contributed by atoms with Gasteiger partial charge in [0.2, 0.25) is 0 Å². The van der Waals surface area contributed by atoms with Crippen LogP contribution in [0.1, 0.15) is 22.3 Å². The van der Waals surface area contributed by atoms with Gasteiger partial charge < -0.3 is 0 Å². The SMILES string of the molecule is C(#Cc1cc2nc(-c3ccccc3)c(-c3ccccc3)nc2cc1-c1cc2nc(-c3ccccc3)c(-c3ccccc3)nc2cc1C#Cc1ccccc1)c1ccccc1. The standard InChI is InChI=1S/C56H34N4/c1-7-19-39(20-8-1)31-33-45-35-49-51(59-55(43-27-15-5-16-28-43)53(57-49)41-23-11-3-12-24-41)37-47(45)48-38-52-50(36-46(48)34-32-40-21-9-2-10-22-40)58-54(42-25-13-4-14-26-42)56(60-52)44-29-17-6-18-30-44/h1-30,35-38H. The van der Waals surface area contributed by atoms with Crippen LogP contribution in [0.15, 0.2) is 206 Å². The lowest BCUT2D eigenvalue weighted by Crippen LogP contribution is -1.99. The van der Waals surface area contributed by atoms with Crippen molar-refractivity contribution in [2.24, 2.45) is 0 Å². The average Bonchev–Trinajstić information content (AvgIpc) is 3.33. The summed E-state index contributed by atoms with van der Waals surface area (Å²) in [4.78, 5) is 21.4. The van der Waals surface area contributed by atoms with E-state index in [4.69, 9.17) is 19.9 Å². The van der Waals surface area contributed by atoms with Gasteiger partial charge in [0.25, 0.3) is 0 Å². The molecule has 4 nitrogen and oxygen atoms in total. The summed E-state index contributed by atoms with van der Waals surface area (Å²) in [6.07, 6.45) is 0. The lowest BCUT2D eigenvalue weighted by molar-refractivity contribution is 1.28. The molecule has 0 saturated carbocycles. The molecule has 0 radical (unpaired) electrons. The van der Waals surface area contributed by atoms with Crippen molar-refractivity contribution in [3.8, 4) is 79.8 Å². The quantitative estimate of drug-likeness (QED) is 0.164. The summed E-state index contributed by atoms with van der Waals surface area (Å²) < 4.78 is 0. The maximum Gasteiger partial charge on any atom is 0.0973 e. The van der Waals surface area contributed by atoms with Crippen molar-refractivity contribution in [2.75, 3.05) is 0 Å². The zero-order valence-electron chi connectivity index (χ0n) is 32.4. The molecule has 278 valence electrons. The molecule has 0 saturated heterocycles. The predicted molar refractivity (Wildman–Crippen MR) is 245 cm³/mol. The molecule has 0 aliphatic rings. The van der Waals surface area contributed by atoms with E-state index in [-0.39, 0.29) is 0 Å². The van der Waals surface area contributed by atoms with Gasteiger partial charge in [-0.25, -0.2) is 19.9 Å². The highest BCUT2D eigenvalue weighted by molar-refractivity contribution is 5.96. The van der Waals surface area contributed by atoms with Crippen molar-refractivity contribution < 1.29 is 0 Å². The lowest BCUT2D eigenvalue weighted by atomic mass is 9.93. The second kappa shape index (κ2) is 16.2. The van der Waals surface area contributed by atoms with Crippen LogP contribution in [-0.4, -0.2) is 19.9 Å². The first-order chi connectivity index (χ1) is 29.7. The molecule has 0 fully saturated rings. The van der Waals surface area contributed by atoms with Crippen LogP contribution < -0.4 is 0 Å². The number of fused-ring (bicyclic) bond motifs is 2. The second-order valence-electron chi connectivity index (χ2n) is 14.3. The predicted octanol–water partition coefficient (Wildman–Crippen LogP) is 12.7. The number of hydrogen-bond donors (Lipinski definition) is 0. The van der Waals surface area contributed by atoms with E-state index < -0.39 is 0 Å². The van der Waals surface area contributed by atoms with E-state index in [0.29, 0.717) is 0 Å². The summed E-state index contributed by atoms with van der Waals surface area (Å²) in [5, 5.41) is 0. The fraction of sp³-hybridized carbons (Fsp3) is 0.